The van der Waals surface area contributed by atoms with E-state index in [1.54, 1.807) is 6.07 Å². The molecule has 4 heteroatoms. The predicted octanol–water partition coefficient (Wildman–Crippen LogP) is 2.66. The topological polar surface area (TPSA) is 64.3 Å². The van der Waals surface area contributed by atoms with E-state index in [2.05, 4.69) is 0 Å². The van der Waals surface area contributed by atoms with Gasteiger partial charge in [0.05, 0.1) is 11.8 Å². The summed E-state index contributed by atoms with van der Waals surface area (Å²) in [6.07, 6.45) is 0.420. The van der Waals surface area contributed by atoms with Crippen LogP contribution in [0.25, 0.3) is 11.0 Å². The lowest BCUT2D eigenvalue weighted by atomic mass is 9.98. The Kier molecular flexibility index (Phi) is 3.57. The van der Waals surface area contributed by atoms with E-state index in [0.717, 1.165) is 16.7 Å². The number of aldehydes is 1. The van der Waals surface area contributed by atoms with Crippen molar-refractivity contribution in [1.29, 1.82) is 0 Å². The maximum Gasteiger partial charge on any atom is 0.203 e. The highest BCUT2D eigenvalue weighted by Crippen LogP contribution is 2.24. The molecule has 20 heavy (non-hydrogen) atoms. The Morgan fingerprint density at radius 3 is 2.45 bits per heavy atom. The van der Waals surface area contributed by atoms with Crippen molar-refractivity contribution in [2.45, 2.75) is 34.1 Å². The summed E-state index contributed by atoms with van der Waals surface area (Å²) in [5, 5.41) is 0.419. The van der Waals surface area contributed by atoms with Gasteiger partial charge >= 0.3 is 0 Å². The van der Waals surface area contributed by atoms with Gasteiger partial charge in [-0.05, 0) is 50.5 Å². The van der Waals surface area contributed by atoms with Crippen LogP contribution < -0.4 is 5.43 Å². The number of hydrogen-bond acceptors (Lipinski definition) is 4. The number of aryl methyl sites for hydroxylation is 2. The van der Waals surface area contributed by atoms with E-state index in [-0.39, 0.29) is 29.0 Å². The molecule has 0 radical (unpaired) electrons. The average molecular weight is 272 g/mol. The largest absolute Gasteiger partial charge is 0.460 e. The zero-order chi connectivity index (χ0) is 15.0. The molecule has 0 amide bonds. The fraction of sp³-hybridized carbons (Fsp3) is 0.312. The molecule has 0 aliphatic carbocycles. The minimum atomic E-state index is -0.363. The van der Waals surface area contributed by atoms with E-state index in [0.29, 0.717) is 17.3 Å². The van der Waals surface area contributed by atoms with Crippen LogP contribution in [0.1, 0.15) is 39.7 Å². The SMILES string of the molecule is CC(=O)Cc1oc2cc(C)c(C)c(C)c2c(=O)c1C=O. The fourth-order valence-corrected chi connectivity index (χ4v) is 2.33. The lowest BCUT2D eigenvalue weighted by Crippen LogP contribution is -2.15. The van der Waals surface area contributed by atoms with E-state index in [1.165, 1.54) is 6.92 Å². The molecule has 2 rings (SSSR count). The summed E-state index contributed by atoms with van der Waals surface area (Å²) in [6.45, 7) is 7.08. The molecule has 0 spiro atoms. The summed E-state index contributed by atoms with van der Waals surface area (Å²) in [4.78, 5) is 34.8. The number of Topliss-reactive ketones (excluding diaryl/α,β-unsaturated/α-hetero) is 1. The van der Waals surface area contributed by atoms with Crippen LogP contribution in [0, 0.1) is 20.8 Å². The van der Waals surface area contributed by atoms with Gasteiger partial charge in [0.15, 0.2) is 6.29 Å². The molecule has 0 bridgehead atoms. The maximum absolute atomic E-state index is 12.4. The monoisotopic (exact) mass is 272 g/mol. The van der Waals surface area contributed by atoms with Gasteiger partial charge in [0.25, 0.3) is 0 Å². The van der Waals surface area contributed by atoms with Gasteiger partial charge in [-0.2, -0.15) is 0 Å². The summed E-state index contributed by atoms with van der Waals surface area (Å²) >= 11 is 0. The smallest absolute Gasteiger partial charge is 0.203 e. The molecule has 1 aromatic carbocycles. The van der Waals surface area contributed by atoms with Crippen LogP contribution in [0.15, 0.2) is 15.3 Å². The first-order valence-corrected chi connectivity index (χ1v) is 6.38. The lowest BCUT2D eigenvalue weighted by Gasteiger charge is -2.10. The second kappa shape index (κ2) is 5.04. The van der Waals surface area contributed by atoms with Gasteiger partial charge in [0.2, 0.25) is 5.43 Å². The van der Waals surface area contributed by atoms with Crippen molar-refractivity contribution < 1.29 is 14.0 Å². The Hall–Kier alpha value is -2.23. The fourth-order valence-electron chi connectivity index (χ4n) is 2.33. The standard InChI is InChI=1S/C16H16O4/c1-8-5-14-15(11(4)10(8)3)16(19)12(7-17)13(20-14)6-9(2)18/h5,7H,6H2,1-4H3. The molecular weight excluding hydrogens is 256 g/mol. The number of carbonyl (C=O) groups is 2. The van der Waals surface area contributed by atoms with E-state index in [4.69, 9.17) is 4.42 Å². The van der Waals surface area contributed by atoms with Crippen LogP contribution in [0.3, 0.4) is 0 Å². The summed E-state index contributed by atoms with van der Waals surface area (Å²) in [7, 11) is 0. The molecule has 0 N–H and O–H groups in total. The number of fused-ring (bicyclic) bond motifs is 1. The Bertz CT molecular complexity index is 781. The molecule has 0 fully saturated rings. The van der Waals surface area contributed by atoms with E-state index >= 15 is 0 Å². The third-order valence-corrected chi connectivity index (χ3v) is 3.66. The molecule has 0 aliphatic rings. The highest BCUT2D eigenvalue weighted by molar-refractivity contribution is 5.90. The van der Waals surface area contributed by atoms with Crippen LogP contribution in [0.5, 0.6) is 0 Å². The summed E-state index contributed by atoms with van der Waals surface area (Å²) in [5.74, 6) is -0.0104. The van der Waals surface area contributed by atoms with Crippen molar-refractivity contribution in [1.82, 2.24) is 0 Å². The molecule has 0 saturated carbocycles. The predicted molar refractivity (Wildman–Crippen MR) is 76.5 cm³/mol. The van der Waals surface area contributed by atoms with E-state index < -0.39 is 0 Å². The number of benzene rings is 1. The van der Waals surface area contributed by atoms with Gasteiger partial charge in [0.1, 0.15) is 22.7 Å². The van der Waals surface area contributed by atoms with Crippen molar-refractivity contribution in [2.24, 2.45) is 0 Å². The Morgan fingerprint density at radius 1 is 1.25 bits per heavy atom. The Morgan fingerprint density at radius 2 is 1.90 bits per heavy atom. The number of hydrogen-bond donors (Lipinski definition) is 0. The van der Waals surface area contributed by atoms with Crippen LogP contribution in [0.2, 0.25) is 0 Å². The second-order valence-corrected chi connectivity index (χ2v) is 5.08. The molecule has 0 saturated heterocycles. The first kappa shape index (κ1) is 14.2. The minimum Gasteiger partial charge on any atom is -0.460 e. The zero-order valence-corrected chi connectivity index (χ0v) is 12.0. The normalized spacial score (nSPS) is 10.8. The molecule has 1 aromatic heterocycles. The highest BCUT2D eigenvalue weighted by atomic mass is 16.3. The van der Waals surface area contributed by atoms with E-state index in [1.807, 2.05) is 20.8 Å². The molecule has 1 heterocycles. The third kappa shape index (κ3) is 2.18. The molecule has 0 unspecified atom stereocenters. The second-order valence-electron chi connectivity index (χ2n) is 5.08. The molecule has 0 atom stereocenters. The number of rotatable bonds is 3. The summed E-state index contributed by atoms with van der Waals surface area (Å²) in [6, 6.07) is 1.78. The first-order chi connectivity index (χ1) is 9.36. The van der Waals surface area contributed by atoms with Crippen LogP contribution in [-0.4, -0.2) is 12.1 Å². The first-order valence-electron chi connectivity index (χ1n) is 6.38. The molecular formula is C16H16O4. The maximum atomic E-state index is 12.4. The number of ketones is 1. The molecule has 0 aliphatic heterocycles. The van der Waals surface area contributed by atoms with Gasteiger partial charge in [-0.1, -0.05) is 0 Å². The van der Waals surface area contributed by atoms with Gasteiger partial charge in [-0.15, -0.1) is 0 Å². The quantitative estimate of drug-likeness (QED) is 0.806. The van der Waals surface area contributed by atoms with Crippen molar-refractivity contribution in [3.05, 3.63) is 44.3 Å². The van der Waals surface area contributed by atoms with Crippen LogP contribution >= 0.6 is 0 Å². The minimum absolute atomic E-state index is 0.0504. The summed E-state index contributed by atoms with van der Waals surface area (Å²) in [5.41, 5.74) is 2.83. The van der Waals surface area contributed by atoms with Crippen molar-refractivity contribution in [3.8, 4) is 0 Å². The van der Waals surface area contributed by atoms with Crippen LogP contribution in [0.4, 0.5) is 0 Å². The number of carbonyl (C=O) groups excluding carboxylic acids is 2. The summed E-state index contributed by atoms with van der Waals surface area (Å²) < 4.78 is 5.64. The third-order valence-electron chi connectivity index (χ3n) is 3.66. The Balaban J connectivity index is 2.94. The van der Waals surface area contributed by atoms with E-state index in [9.17, 15) is 14.4 Å². The van der Waals surface area contributed by atoms with Gasteiger partial charge in [-0.3, -0.25) is 14.4 Å². The molecule has 4 nitrogen and oxygen atoms in total. The lowest BCUT2D eigenvalue weighted by molar-refractivity contribution is -0.116. The Labute approximate surface area is 116 Å². The van der Waals surface area contributed by atoms with Crippen molar-refractivity contribution in [2.75, 3.05) is 0 Å². The van der Waals surface area contributed by atoms with Gasteiger partial charge in [-0.25, -0.2) is 0 Å². The average Bonchev–Trinajstić information content (AvgIpc) is 2.35. The van der Waals surface area contributed by atoms with Gasteiger partial charge < -0.3 is 4.42 Å². The van der Waals surface area contributed by atoms with Crippen molar-refractivity contribution in [3.63, 3.8) is 0 Å². The van der Waals surface area contributed by atoms with Crippen LogP contribution in [-0.2, 0) is 11.2 Å². The molecule has 104 valence electrons. The highest BCUT2D eigenvalue weighted by Gasteiger charge is 2.18. The van der Waals surface area contributed by atoms with Crippen molar-refractivity contribution >= 4 is 23.0 Å². The zero-order valence-electron chi connectivity index (χ0n) is 12.0. The molecule has 2 aromatic rings. The van der Waals surface area contributed by atoms with Gasteiger partial charge in [0, 0.05) is 0 Å².